The Kier molecular flexibility index (Phi) is 3.58. The molecular formula is C17H12F3N2. The monoisotopic (exact) mass is 301 g/mol. The number of benzene rings is 2. The first-order chi connectivity index (χ1) is 10.5. The first-order valence-corrected chi connectivity index (χ1v) is 6.66. The zero-order valence-electron chi connectivity index (χ0n) is 11.5. The van der Waals surface area contributed by atoms with Gasteiger partial charge < -0.3 is 5.73 Å². The maximum atomic E-state index is 13.1. The van der Waals surface area contributed by atoms with Gasteiger partial charge in [0.1, 0.15) is 0 Å². The number of halogens is 3. The molecule has 2 nitrogen and oxygen atoms in total. The molecule has 0 amide bonds. The van der Waals surface area contributed by atoms with Gasteiger partial charge in [-0.2, -0.15) is 13.2 Å². The largest absolute Gasteiger partial charge is 0.418 e. The zero-order chi connectivity index (χ0) is 15.7. The molecule has 2 aromatic carbocycles. The lowest BCUT2D eigenvalue weighted by Crippen LogP contribution is -2.06. The third-order valence-electron chi connectivity index (χ3n) is 3.49. The van der Waals surface area contributed by atoms with Crippen molar-refractivity contribution in [3.05, 3.63) is 65.9 Å². The quantitative estimate of drug-likeness (QED) is 0.771. The van der Waals surface area contributed by atoms with Crippen LogP contribution in [0.25, 0.3) is 22.0 Å². The molecule has 0 atom stereocenters. The fourth-order valence-corrected chi connectivity index (χ4v) is 2.40. The molecular weight excluding hydrogens is 289 g/mol. The second-order valence-corrected chi connectivity index (χ2v) is 4.88. The third kappa shape index (κ3) is 2.55. The average Bonchev–Trinajstić information content (AvgIpc) is 2.53. The minimum atomic E-state index is -4.44. The van der Waals surface area contributed by atoms with Gasteiger partial charge in [0.15, 0.2) is 0 Å². The molecule has 111 valence electrons. The SMILES string of the molecule is NCc1ccc(-c2[c]cnc3c(C(F)(F)F)cccc23)cc1. The first kappa shape index (κ1) is 14.5. The van der Waals surface area contributed by atoms with E-state index >= 15 is 0 Å². The summed E-state index contributed by atoms with van der Waals surface area (Å²) in [5, 5.41) is 0.429. The molecule has 0 saturated carbocycles. The summed E-state index contributed by atoms with van der Waals surface area (Å²) in [5.41, 5.74) is 7.09. The van der Waals surface area contributed by atoms with Crippen molar-refractivity contribution in [2.24, 2.45) is 5.73 Å². The van der Waals surface area contributed by atoms with Gasteiger partial charge in [-0.1, -0.05) is 36.4 Å². The standard InChI is InChI=1S/C17H12F3N2/c18-17(19,20)15-3-1-2-14-13(8-9-22-16(14)15)12-6-4-11(10-21)5-7-12/h1-7,9H,10,21H2. The Labute approximate surface area is 125 Å². The van der Waals surface area contributed by atoms with Gasteiger partial charge in [-0.25, -0.2) is 0 Å². The van der Waals surface area contributed by atoms with Crippen LogP contribution in [0.2, 0.25) is 0 Å². The molecule has 0 fully saturated rings. The fraction of sp³-hybridized carbons (Fsp3) is 0.118. The van der Waals surface area contributed by atoms with E-state index in [-0.39, 0.29) is 5.52 Å². The van der Waals surface area contributed by atoms with Crippen molar-refractivity contribution < 1.29 is 13.2 Å². The van der Waals surface area contributed by atoms with Crippen LogP contribution in [0, 0.1) is 6.07 Å². The van der Waals surface area contributed by atoms with E-state index in [9.17, 15) is 13.2 Å². The van der Waals surface area contributed by atoms with E-state index in [1.54, 1.807) is 6.07 Å². The molecule has 0 spiro atoms. The topological polar surface area (TPSA) is 38.9 Å². The third-order valence-corrected chi connectivity index (χ3v) is 3.49. The van der Waals surface area contributed by atoms with Gasteiger partial charge in [-0.15, -0.1) is 0 Å². The molecule has 0 aliphatic rings. The molecule has 2 N–H and O–H groups in total. The van der Waals surface area contributed by atoms with E-state index in [1.807, 2.05) is 24.3 Å². The van der Waals surface area contributed by atoms with Gasteiger partial charge in [0.2, 0.25) is 0 Å². The number of nitrogens with zero attached hydrogens (tertiary/aromatic N) is 1. The van der Waals surface area contributed by atoms with E-state index in [4.69, 9.17) is 5.73 Å². The number of hydrogen-bond acceptors (Lipinski definition) is 2. The number of rotatable bonds is 2. The van der Waals surface area contributed by atoms with Crippen LogP contribution in [-0.2, 0) is 12.7 Å². The summed E-state index contributed by atoms with van der Waals surface area (Å²) in [6.45, 7) is 0.416. The number of alkyl halides is 3. The van der Waals surface area contributed by atoms with Crippen LogP contribution in [0.15, 0.2) is 48.7 Å². The molecule has 1 aromatic heterocycles. The van der Waals surface area contributed by atoms with E-state index in [2.05, 4.69) is 11.1 Å². The smallest absolute Gasteiger partial charge is 0.326 e. The van der Waals surface area contributed by atoms with Gasteiger partial charge in [-0.3, -0.25) is 4.98 Å². The van der Waals surface area contributed by atoms with Crippen molar-refractivity contribution in [2.45, 2.75) is 12.7 Å². The number of aromatic nitrogens is 1. The molecule has 0 aliphatic heterocycles. The number of fused-ring (bicyclic) bond motifs is 1. The van der Waals surface area contributed by atoms with Gasteiger partial charge in [0.25, 0.3) is 0 Å². The summed E-state index contributed by atoms with van der Waals surface area (Å²) in [7, 11) is 0. The van der Waals surface area contributed by atoms with Crippen molar-refractivity contribution in [2.75, 3.05) is 0 Å². The maximum Gasteiger partial charge on any atom is 0.418 e. The Morgan fingerprint density at radius 2 is 1.77 bits per heavy atom. The molecule has 3 aromatic rings. The number of para-hydroxylation sites is 1. The predicted molar refractivity (Wildman–Crippen MR) is 78.9 cm³/mol. The number of pyridine rings is 1. The minimum Gasteiger partial charge on any atom is -0.326 e. The molecule has 0 saturated heterocycles. The normalized spacial score (nSPS) is 11.8. The van der Waals surface area contributed by atoms with Gasteiger partial charge >= 0.3 is 6.18 Å². The molecule has 1 heterocycles. The first-order valence-electron chi connectivity index (χ1n) is 6.66. The van der Waals surface area contributed by atoms with Crippen molar-refractivity contribution in [3.63, 3.8) is 0 Å². The minimum absolute atomic E-state index is 0.0633. The average molecular weight is 301 g/mol. The van der Waals surface area contributed by atoms with Crippen molar-refractivity contribution >= 4 is 10.9 Å². The summed E-state index contributed by atoms with van der Waals surface area (Å²) < 4.78 is 39.3. The summed E-state index contributed by atoms with van der Waals surface area (Å²) in [5.74, 6) is 0. The van der Waals surface area contributed by atoms with Crippen molar-refractivity contribution in [1.29, 1.82) is 0 Å². The fourth-order valence-electron chi connectivity index (χ4n) is 2.40. The molecule has 0 aliphatic carbocycles. The van der Waals surface area contributed by atoms with E-state index < -0.39 is 11.7 Å². The van der Waals surface area contributed by atoms with Crippen LogP contribution >= 0.6 is 0 Å². The second kappa shape index (κ2) is 5.42. The molecule has 22 heavy (non-hydrogen) atoms. The van der Waals surface area contributed by atoms with E-state index in [1.165, 1.54) is 12.3 Å². The Balaban J connectivity index is 2.22. The summed E-state index contributed by atoms with van der Waals surface area (Å²) in [6.07, 6.45) is -3.15. The molecule has 0 unspecified atom stereocenters. The van der Waals surface area contributed by atoms with Crippen molar-refractivity contribution in [3.8, 4) is 11.1 Å². The maximum absolute atomic E-state index is 13.1. The number of nitrogens with two attached hydrogens (primary N) is 1. The zero-order valence-corrected chi connectivity index (χ0v) is 11.5. The van der Waals surface area contributed by atoms with Crippen LogP contribution in [0.4, 0.5) is 13.2 Å². The molecule has 5 heteroatoms. The summed E-state index contributed by atoms with van der Waals surface area (Å²) in [4.78, 5) is 3.87. The van der Waals surface area contributed by atoms with Gasteiger partial charge in [0.05, 0.1) is 11.1 Å². The van der Waals surface area contributed by atoms with Crippen LogP contribution in [0.1, 0.15) is 11.1 Å². The highest BCUT2D eigenvalue weighted by Crippen LogP contribution is 2.36. The van der Waals surface area contributed by atoms with Crippen LogP contribution in [0.5, 0.6) is 0 Å². The molecule has 0 bridgehead atoms. The molecule has 1 radical (unpaired) electrons. The highest BCUT2D eigenvalue weighted by atomic mass is 19.4. The van der Waals surface area contributed by atoms with E-state index in [0.717, 1.165) is 17.2 Å². The number of hydrogen-bond donors (Lipinski definition) is 1. The Morgan fingerprint density at radius 3 is 2.41 bits per heavy atom. The summed E-state index contributed by atoms with van der Waals surface area (Å²) >= 11 is 0. The Hall–Kier alpha value is -2.40. The van der Waals surface area contributed by atoms with Crippen LogP contribution < -0.4 is 5.73 Å². The summed E-state index contributed by atoms with van der Waals surface area (Å²) in [6, 6.07) is 14.3. The van der Waals surface area contributed by atoms with Crippen LogP contribution in [-0.4, -0.2) is 4.98 Å². The lowest BCUT2D eigenvalue weighted by molar-refractivity contribution is -0.136. The second-order valence-electron chi connectivity index (χ2n) is 4.88. The Morgan fingerprint density at radius 1 is 1.05 bits per heavy atom. The highest BCUT2D eigenvalue weighted by molar-refractivity contribution is 5.95. The van der Waals surface area contributed by atoms with Crippen molar-refractivity contribution in [1.82, 2.24) is 4.98 Å². The van der Waals surface area contributed by atoms with Gasteiger partial charge in [-0.05, 0) is 17.2 Å². The lowest BCUT2D eigenvalue weighted by Gasteiger charge is -2.12. The molecule has 3 rings (SSSR count). The highest BCUT2D eigenvalue weighted by Gasteiger charge is 2.33. The Bertz CT molecular complexity index is 808. The predicted octanol–water partition coefficient (Wildman–Crippen LogP) is 4.18. The lowest BCUT2D eigenvalue weighted by atomic mass is 9.98. The van der Waals surface area contributed by atoms with Crippen LogP contribution in [0.3, 0.4) is 0 Å². The van der Waals surface area contributed by atoms with E-state index in [0.29, 0.717) is 17.5 Å². The van der Waals surface area contributed by atoms with Gasteiger partial charge in [0, 0.05) is 29.8 Å².